The van der Waals surface area contributed by atoms with Gasteiger partial charge in [0.15, 0.2) is 0 Å². The minimum Gasteiger partial charge on any atom is -0.481 e. The van der Waals surface area contributed by atoms with E-state index in [0.29, 0.717) is 26.1 Å². The Bertz CT molecular complexity index is 268. The Hall–Kier alpha value is -1.10. The van der Waals surface area contributed by atoms with Crippen molar-refractivity contribution in [3.63, 3.8) is 0 Å². The van der Waals surface area contributed by atoms with Crippen LogP contribution >= 0.6 is 0 Å². The molecule has 0 aromatic heterocycles. The number of likely N-dealkylation sites (tertiary alicyclic amines) is 1. The van der Waals surface area contributed by atoms with Crippen LogP contribution in [0, 0.1) is 5.92 Å². The van der Waals surface area contributed by atoms with Crippen LogP contribution in [0.5, 0.6) is 0 Å². The van der Waals surface area contributed by atoms with Gasteiger partial charge in [0, 0.05) is 13.1 Å². The molecule has 0 aromatic rings. The Balaban J connectivity index is 2.41. The molecular formula is C11H20N2O3. The van der Waals surface area contributed by atoms with Crippen molar-refractivity contribution in [3.05, 3.63) is 0 Å². The molecule has 5 heteroatoms. The standard InChI is InChI=1S/C11H20N2O3/c1-3-5-12-10(14)8(2)13-6-4-9(7-13)11(15)16/h8-9H,3-7H2,1-2H3,(H,12,14)(H,15,16). The maximum Gasteiger partial charge on any atom is 0.307 e. The SMILES string of the molecule is CCCNC(=O)C(C)N1CCC(C(=O)O)C1. The molecule has 1 heterocycles. The fraction of sp³-hybridized carbons (Fsp3) is 0.818. The topological polar surface area (TPSA) is 69.6 Å². The van der Waals surface area contributed by atoms with E-state index in [1.807, 2.05) is 18.7 Å². The highest BCUT2D eigenvalue weighted by atomic mass is 16.4. The van der Waals surface area contributed by atoms with E-state index >= 15 is 0 Å². The summed E-state index contributed by atoms with van der Waals surface area (Å²) in [4.78, 5) is 24.4. The summed E-state index contributed by atoms with van der Waals surface area (Å²) < 4.78 is 0. The maximum absolute atomic E-state index is 11.7. The Kier molecular flexibility index (Phi) is 4.73. The fourth-order valence-electron chi connectivity index (χ4n) is 1.90. The van der Waals surface area contributed by atoms with Crippen LogP contribution in [0.2, 0.25) is 0 Å². The second kappa shape index (κ2) is 5.84. The Morgan fingerprint density at radius 2 is 2.25 bits per heavy atom. The average molecular weight is 228 g/mol. The number of carbonyl (C=O) groups excluding carboxylic acids is 1. The van der Waals surface area contributed by atoms with Crippen molar-refractivity contribution in [3.8, 4) is 0 Å². The monoisotopic (exact) mass is 228 g/mol. The van der Waals surface area contributed by atoms with E-state index in [-0.39, 0.29) is 17.9 Å². The van der Waals surface area contributed by atoms with Crippen LogP contribution in [-0.2, 0) is 9.59 Å². The molecule has 2 N–H and O–H groups in total. The highest BCUT2D eigenvalue weighted by molar-refractivity contribution is 5.81. The number of aliphatic carboxylic acids is 1. The number of nitrogens with zero attached hydrogens (tertiary/aromatic N) is 1. The largest absolute Gasteiger partial charge is 0.481 e. The molecule has 0 bridgehead atoms. The van der Waals surface area contributed by atoms with E-state index in [0.717, 1.165) is 6.42 Å². The third-order valence-electron chi connectivity index (χ3n) is 3.05. The number of nitrogens with one attached hydrogen (secondary N) is 1. The lowest BCUT2D eigenvalue weighted by atomic mass is 10.1. The summed E-state index contributed by atoms with van der Waals surface area (Å²) in [5.41, 5.74) is 0. The normalized spacial score (nSPS) is 23.0. The van der Waals surface area contributed by atoms with Crippen molar-refractivity contribution in [1.82, 2.24) is 10.2 Å². The minimum atomic E-state index is -0.760. The smallest absolute Gasteiger partial charge is 0.307 e. The predicted octanol–water partition coefficient (Wildman–Crippen LogP) is 0.308. The fourth-order valence-corrected chi connectivity index (χ4v) is 1.90. The van der Waals surface area contributed by atoms with Gasteiger partial charge in [-0.25, -0.2) is 0 Å². The molecule has 16 heavy (non-hydrogen) atoms. The first kappa shape index (κ1) is 13.0. The van der Waals surface area contributed by atoms with E-state index < -0.39 is 5.97 Å². The number of hydrogen-bond donors (Lipinski definition) is 2. The molecule has 1 aliphatic heterocycles. The number of carboxylic acid groups (broad SMARTS) is 1. The zero-order valence-electron chi connectivity index (χ0n) is 9.90. The van der Waals surface area contributed by atoms with Crippen molar-refractivity contribution in [2.45, 2.75) is 32.7 Å². The van der Waals surface area contributed by atoms with Gasteiger partial charge in [-0.3, -0.25) is 14.5 Å². The molecule has 92 valence electrons. The summed E-state index contributed by atoms with van der Waals surface area (Å²) >= 11 is 0. The zero-order chi connectivity index (χ0) is 12.1. The molecule has 1 fully saturated rings. The lowest BCUT2D eigenvalue weighted by molar-refractivity contribution is -0.141. The van der Waals surface area contributed by atoms with Crippen LogP contribution in [0.3, 0.4) is 0 Å². The van der Waals surface area contributed by atoms with E-state index in [1.165, 1.54) is 0 Å². The van der Waals surface area contributed by atoms with Crippen LogP contribution in [0.4, 0.5) is 0 Å². The van der Waals surface area contributed by atoms with Crippen molar-refractivity contribution in [1.29, 1.82) is 0 Å². The zero-order valence-corrected chi connectivity index (χ0v) is 9.90. The molecule has 0 radical (unpaired) electrons. The first-order valence-corrected chi connectivity index (χ1v) is 5.80. The predicted molar refractivity (Wildman–Crippen MR) is 60.1 cm³/mol. The first-order valence-electron chi connectivity index (χ1n) is 5.80. The molecule has 0 saturated carbocycles. The molecule has 5 nitrogen and oxygen atoms in total. The molecule has 0 aromatic carbocycles. The van der Waals surface area contributed by atoms with Crippen LogP contribution in [0.15, 0.2) is 0 Å². The van der Waals surface area contributed by atoms with Gasteiger partial charge in [0.05, 0.1) is 12.0 Å². The van der Waals surface area contributed by atoms with Crippen molar-refractivity contribution < 1.29 is 14.7 Å². The summed E-state index contributed by atoms with van der Waals surface area (Å²) in [5.74, 6) is -1.09. The second-order valence-electron chi connectivity index (χ2n) is 4.29. The van der Waals surface area contributed by atoms with E-state index in [4.69, 9.17) is 5.11 Å². The molecule has 1 saturated heterocycles. The Labute approximate surface area is 95.8 Å². The van der Waals surface area contributed by atoms with Crippen LogP contribution in [0.25, 0.3) is 0 Å². The van der Waals surface area contributed by atoms with Crippen molar-refractivity contribution >= 4 is 11.9 Å². The van der Waals surface area contributed by atoms with Crippen molar-refractivity contribution in [2.75, 3.05) is 19.6 Å². The van der Waals surface area contributed by atoms with Gasteiger partial charge in [0.25, 0.3) is 0 Å². The van der Waals surface area contributed by atoms with Gasteiger partial charge < -0.3 is 10.4 Å². The molecule has 0 spiro atoms. The highest BCUT2D eigenvalue weighted by Gasteiger charge is 2.32. The molecule has 1 aliphatic rings. The van der Waals surface area contributed by atoms with Gasteiger partial charge >= 0.3 is 5.97 Å². The summed E-state index contributed by atoms with van der Waals surface area (Å²) in [6, 6.07) is -0.226. The molecule has 0 aliphatic carbocycles. The average Bonchev–Trinajstić information content (AvgIpc) is 2.74. The van der Waals surface area contributed by atoms with Gasteiger partial charge in [0.2, 0.25) is 5.91 Å². The number of rotatable bonds is 5. The van der Waals surface area contributed by atoms with Gasteiger partial charge in [-0.05, 0) is 26.3 Å². The number of carbonyl (C=O) groups is 2. The summed E-state index contributed by atoms with van der Waals surface area (Å²) in [6.45, 7) is 5.68. The second-order valence-corrected chi connectivity index (χ2v) is 4.29. The molecular weight excluding hydrogens is 208 g/mol. The lowest BCUT2D eigenvalue weighted by Crippen LogP contribution is -2.44. The van der Waals surface area contributed by atoms with Gasteiger partial charge in [-0.2, -0.15) is 0 Å². The van der Waals surface area contributed by atoms with E-state index in [9.17, 15) is 9.59 Å². The quantitative estimate of drug-likeness (QED) is 0.710. The maximum atomic E-state index is 11.7. The van der Waals surface area contributed by atoms with Gasteiger partial charge in [-0.15, -0.1) is 0 Å². The summed E-state index contributed by atoms with van der Waals surface area (Å²) in [6.07, 6.45) is 1.55. The third kappa shape index (κ3) is 3.20. The van der Waals surface area contributed by atoms with Crippen LogP contribution in [0.1, 0.15) is 26.7 Å². The molecule has 2 atom stereocenters. The Morgan fingerprint density at radius 3 is 2.75 bits per heavy atom. The van der Waals surface area contributed by atoms with Crippen molar-refractivity contribution in [2.24, 2.45) is 5.92 Å². The number of carboxylic acids is 1. The summed E-state index contributed by atoms with van der Waals surface area (Å²) in [5, 5.41) is 11.7. The van der Waals surface area contributed by atoms with E-state index in [1.54, 1.807) is 0 Å². The van der Waals surface area contributed by atoms with Crippen LogP contribution < -0.4 is 5.32 Å². The number of amides is 1. The minimum absolute atomic E-state index is 0.00658. The lowest BCUT2D eigenvalue weighted by Gasteiger charge is -2.22. The van der Waals surface area contributed by atoms with E-state index in [2.05, 4.69) is 5.32 Å². The van der Waals surface area contributed by atoms with Crippen LogP contribution in [-0.4, -0.2) is 47.6 Å². The summed E-state index contributed by atoms with van der Waals surface area (Å²) in [7, 11) is 0. The number of hydrogen-bond acceptors (Lipinski definition) is 3. The molecule has 1 rings (SSSR count). The van der Waals surface area contributed by atoms with Gasteiger partial charge in [-0.1, -0.05) is 6.92 Å². The Morgan fingerprint density at radius 1 is 1.56 bits per heavy atom. The van der Waals surface area contributed by atoms with Gasteiger partial charge in [0.1, 0.15) is 0 Å². The first-order chi connectivity index (χ1) is 7.56. The molecule has 2 unspecified atom stereocenters. The highest BCUT2D eigenvalue weighted by Crippen LogP contribution is 2.18. The molecule has 1 amide bonds. The third-order valence-corrected chi connectivity index (χ3v) is 3.05.